The van der Waals surface area contributed by atoms with Crippen molar-refractivity contribution in [3.8, 4) is 0 Å². The molecule has 0 aromatic carbocycles. The van der Waals surface area contributed by atoms with Gasteiger partial charge in [-0.2, -0.15) is 0 Å². The van der Waals surface area contributed by atoms with E-state index in [1.54, 1.807) is 0 Å². The molecule has 0 aromatic heterocycles. The minimum atomic E-state index is -2.81. The summed E-state index contributed by atoms with van der Waals surface area (Å²) in [7, 11) is -19.7. The van der Waals surface area contributed by atoms with E-state index in [1.807, 2.05) is 237 Å². The Labute approximate surface area is 756 Å². The first-order valence-corrected chi connectivity index (χ1v) is 65.5. The zero-order valence-electron chi connectivity index (χ0n) is 82.0. The van der Waals surface area contributed by atoms with Crippen molar-refractivity contribution in [2.24, 2.45) is 0 Å². The van der Waals surface area contributed by atoms with Crippen LogP contribution in [0.5, 0.6) is 0 Å². The van der Waals surface area contributed by atoms with Gasteiger partial charge in [-0.05, 0) is 127 Å². The predicted molar refractivity (Wildman–Crippen MR) is 481 cm³/mol. The van der Waals surface area contributed by atoms with E-state index in [-0.39, 0.29) is 46.2 Å². The Balaban J connectivity index is 1.31. The molecule has 0 amide bonds. The van der Waals surface area contributed by atoms with Gasteiger partial charge in [0.2, 0.25) is 0 Å². The standard InChI is InChI=1S/C84H168O35Si7/c1-78(2,3)120(22,23)99-36-43-64-50(85)57(92)71(106-43)114-65-44(37-100-121(24,25)79(4,5)6)108-73(59(94)52(65)87)116-67-46(39-102-123(28,29)81(10,11)12)110-75(61(96)54(67)89)118-69-48(41-104-125(32,33)83(16,17)18)112-77(63(98)56(69)91)119-70-49(42-105-126(34,35)84(19,20)21)111-76(62(97)55(70)90)117-68-47(40-103-124(30,31)82(13,14)15)109-74(60(95)53(68)88)115-66-45(38-101-122(26,27)80(7,8)9)107-72(113-64)58(93)51(66)86/h43-77,85-98H,36-42H2,1-35H3/t43-,44-,45-,46-,47-,48-,49-,50-,51-,52-,53-,54-,55-,56?,57-,58-,59+,60-,61-,62-,63?,64-,65-,66-,67-,68-,69-,70-,71-,72-,73-,74-,75-,76-,77-/m1/s1. The molecule has 0 aromatic rings. The summed E-state index contributed by atoms with van der Waals surface area (Å²) in [5, 5.41) is 175. The predicted octanol–water partition coefficient (Wildman–Crippen LogP) is 5.98. The van der Waals surface area contributed by atoms with Gasteiger partial charge < -0.3 is 169 Å². The highest BCUT2D eigenvalue weighted by Gasteiger charge is 2.63. The van der Waals surface area contributed by atoms with Crippen LogP contribution in [0.2, 0.25) is 127 Å². The van der Waals surface area contributed by atoms with Gasteiger partial charge in [-0.25, -0.2) is 0 Å². The van der Waals surface area contributed by atoms with Crippen LogP contribution in [0, 0.1) is 0 Å². The van der Waals surface area contributed by atoms with Gasteiger partial charge in [0.15, 0.2) is 102 Å². The van der Waals surface area contributed by atoms with Crippen LogP contribution in [0.15, 0.2) is 0 Å². The van der Waals surface area contributed by atoms with E-state index in [2.05, 4.69) is 0 Å². The molecule has 0 aliphatic carbocycles. The van der Waals surface area contributed by atoms with Gasteiger partial charge in [0.25, 0.3) is 0 Å². The maximum absolute atomic E-state index is 12.8. The first-order chi connectivity index (χ1) is 56.9. The summed E-state index contributed by atoms with van der Waals surface area (Å²) in [6.07, 6.45) is -65.0. The Kier molecular flexibility index (Phi) is 36.2. The summed E-state index contributed by atoms with van der Waals surface area (Å²) in [6.45, 7) is 67.0. The fourth-order valence-electron chi connectivity index (χ4n) is 13.9. The van der Waals surface area contributed by atoms with Crippen LogP contribution in [0.4, 0.5) is 0 Å². The molecule has 42 heteroatoms. The maximum Gasteiger partial charge on any atom is 0.192 e. The zero-order valence-corrected chi connectivity index (χ0v) is 89.0. The normalized spacial score (nSPS) is 40.5. The zero-order chi connectivity index (χ0) is 96.0. The van der Waals surface area contributed by atoms with Crippen LogP contribution < -0.4 is 0 Å². The second-order valence-electron chi connectivity index (χ2n) is 46.9. The quantitative estimate of drug-likeness (QED) is 0.0588. The first kappa shape index (κ1) is 111. The molecule has 21 heterocycles. The van der Waals surface area contributed by atoms with Gasteiger partial charge in [0, 0.05) is 0 Å². The van der Waals surface area contributed by atoms with E-state index in [1.165, 1.54) is 0 Å². The van der Waals surface area contributed by atoms with E-state index in [0.29, 0.717) is 0 Å². The molecule has 14 bridgehead atoms. The number of hydrogen-bond donors (Lipinski definition) is 14. The van der Waals surface area contributed by atoms with Gasteiger partial charge >= 0.3 is 0 Å². The lowest BCUT2D eigenvalue weighted by molar-refractivity contribution is -0.396. The van der Waals surface area contributed by atoms with E-state index < -0.39 is 308 Å². The van der Waals surface area contributed by atoms with Crippen molar-refractivity contribution in [2.45, 2.75) is 487 Å². The maximum atomic E-state index is 12.8. The second kappa shape index (κ2) is 40.9. The molecule has 742 valence electrons. The first-order valence-electron chi connectivity index (χ1n) is 45.1. The summed E-state index contributed by atoms with van der Waals surface area (Å²) < 4.78 is 141. The van der Waals surface area contributed by atoms with E-state index >= 15 is 0 Å². The Morgan fingerprint density at radius 3 is 0.325 bits per heavy atom. The average Bonchev–Trinajstić information content (AvgIpc) is 0.777. The van der Waals surface area contributed by atoms with Crippen LogP contribution in [-0.2, 0) is 97.3 Å². The van der Waals surface area contributed by atoms with Crippen LogP contribution >= 0.6 is 0 Å². The minimum absolute atomic E-state index is 0.370. The Morgan fingerprint density at radius 2 is 0.246 bits per heavy atom. The van der Waals surface area contributed by atoms with E-state index in [4.69, 9.17) is 97.3 Å². The van der Waals surface area contributed by atoms with Gasteiger partial charge in [-0.1, -0.05) is 145 Å². The number of rotatable bonds is 21. The molecule has 14 N–H and O–H groups in total. The molecule has 35 atom stereocenters. The van der Waals surface area contributed by atoms with Crippen molar-refractivity contribution >= 4 is 58.2 Å². The van der Waals surface area contributed by atoms with Crippen molar-refractivity contribution in [3.05, 3.63) is 0 Å². The number of ether oxygens (including phenoxy) is 14. The highest BCUT2D eigenvalue weighted by atomic mass is 28.4. The van der Waals surface area contributed by atoms with Crippen molar-refractivity contribution in [1.29, 1.82) is 0 Å². The third-order valence-corrected chi connectivity index (χ3v) is 61.9. The SMILES string of the molecule is CC(C)(C)[Si](C)(C)OC[C@H]1O[C@@H]2O[C@H]3[C@H](O)[C@@H](O)[C@H](O[C@@H]3CO[Si](C)(C)C(C)(C)C)O[C@H]3C(O)C(O)[C@@H](O[C@H]4[C@H](O)[C@@H](O)[C@@H](O[C@H]5[C@H](O)[C@@H](O)[C@@H](O[C@H]6[C@H](O)[C@@H](O)[C@@H](O[C@H]7[C@H](O)[C@@H](O)[C@@H](O[C@H]1[C@H](O)[C@@H]2O)O[C@@H]7CO[Si](C)(C)C(C)(C)C)O[C@@H]6CO[Si](C)(C)C(C)(C)C)O[C@@H]5CO[Si](C)(C)C(C)(C)C)O[C@@H]4CO[Si](C)(C)C(C)(C)C)O[C@@H]3CO[Si](C)(C)C(C)(C)C. The van der Waals surface area contributed by atoms with E-state index in [9.17, 15) is 71.5 Å². The molecular formula is C84H168O35Si7. The van der Waals surface area contributed by atoms with Crippen molar-refractivity contribution < 1.29 is 169 Å². The third-order valence-electron chi connectivity index (χ3n) is 30.4. The van der Waals surface area contributed by atoms with Crippen LogP contribution in [0.3, 0.4) is 0 Å². The molecule has 0 radical (unpaired) electrons. The molecule has 126 heavy (non-hydrogen) atoms. The lowest BCUT2D eigenvalue weighted by Crippen LogP contribution is -2.69. The minimum Gasteiger partial charge on any atom is -0.414 e. The summed E-state index contributed by atoms with van der Waals surface area (Å²) in [4.78, 5) is 0. The molecule has 21 rings (SSSR count). The fourth-order valence-corrected chi connectivity index (χ4v) is 21.0. The molecule has 2 unspecified atom stereocenters. The third kappa shape index (κ3) is 25.2. The largest absolute Gasteiger partial charge is 0.414 e. The average molecular weight is 1930 g/mol. The molecule has 21 aliphatic rings. The summed E-state index contributed by atoms with van der Waals surface area (Å²) in [5.74, 6) is 0. The van der Waals surface area contributed by atoms with Gasteiger partial charge in [0.05, 0.1) is 46.2 Å². The second-order valence-corrected chi connectivity index (χ2v) is 80.5. The van der Waals surface area contributed by atoms with Crippen molar-refractivity contribution in [3.63, 3.8) is 0 Å². The number of hydrogen-bond acceptors (Lipinski definition) is 35. The summed E-state index contributed by atoms with van der Waals surface area (Å²) >= 11 is 0. The van der Waals surface area contributed by atoms with Crippen LogP contribution in [0.25, 0.3) is 0 Å². The highest BCUT2D eigenvalue weighted by molar-refractivity contribution is 6.76. The lowest BCUT2D eigenvalue weighted by atomic mass is 9.95. The Morgan fingerprint density at radius 1 is 0.159 bits per heavy atom. The molecule has 21 aliphatic heterocycles. The van der Waals surface area contributed by atoms with Gasteiger partial charge in [-0.15, -0.1) is 0 Å². The van der Waals surface area contributed by atoms with Crippen molar-refractivity contribution in [2.75, 3.05) is 46.2 Å². The Hall–Kier alpha value is 0.118. The van der Waals surface area contributed by atoms with Gasteiger partial charge in [0.1, 0.15) is 171 Å². The molecule has 35 nitrogen and oxygen atoms in total. The smallest absolute Gasteiger partial charge is 0.192 e. The summed E-state index contributed by atoms with van der Waals surface area (Å²) in [5.41, 5.74) is 0. The van der Waals surface area contributed by atoms with Crippen LogP contribution in [0.1, 0.15) is 145 Å². The van der Waals surface area contributed by atoms with Crippen molar-refractivity contribution in [1.82, 2.24) is 0 Å². The number of aliphatic hydroxyl groups is 14. The molecule has 21 saturated heterocycles. The number of aliphatic hydroxyl groups excluding tert-OH is 14. The lowest BCUT2D eigenvalue weighted by Gasteiger charge is -2.51. The molecule has 21 fully saturated rings. The van der Waals surface area contributed by atoms with Crippen LogP contribution in [-0.4, -0.2) is 391 Å². The molecular weight excluding hydrogens is 1770 g/mol. The van der Waals surface area contributed by atoms with Gasteiger partial charge in [-0.3, -0.25) is 0 Å². The Bertz CT molecular complexity index is 2810. The molecule has 0 spiro atoms. The fraction of sp³-hybridized carbons (Fsp3) is 1.00. The topological polar surface area (TPSA) is 477 Å². The van der Waals surface area contributed by atoms with E-state index in [0.717, 1.165) is 0 Å². The molecule has 0 saturated carbocycles. The highest BCUT2D eigenvalue weighted by Crippen LogP contribution is 2.48. The summed E-state index contributed by atoms with van der Waals surface area (Å²) in [6, 6.07) is 0. The monoisotopic (exact) mass is 1930 g/mol.